The molecule has 1 atom stereocenters. The van der Waals surface area contributed by atoms with Gasteiger partial charge in [-0.1, -0.05) is 0 Å². The maximum Gasteiger partial charge on any atom is 0.320 e. The van der Waals surface area contributed by atoms with Crippen LogP contribution in [0.4, 0.5) is 25.2 Å². The second-order valence-electron chi connectivity index (χ2n) is 14.0. The van der Waals surface area contributed by atoms with Crippen LogP contribution in [-0.2, 0) is 15.1 Å². The molecule has 11 nitrogen and oxygen atoms in total. The predicted octanol–water partition coefficient (Wildman–Crippen LogP) is 6.27. The molecule has 1 saturated carbocycles. The molecule has 3 aromatic rings. The van der Waals surface area contributed by atoms with Gasteiger partial charge in [0.25, 0.3) is 6.43 Å². The number of rotatable bonds is 11. The summed E-state index contributed by atoms with van der Waals surface area (Å²) < 4.78 is 32.7. The van der Waals surface area contributed by atoms with Gasteiger partial charge in [-0.15, -0.1) is 0 Å². The van der Waals surface area contributed by atoms with E-state index >= 15 is 0 Å². The summed E-state index contributed by atoms with van der Waals surface area (Å²) in [5.41, 5.74) is 1.52. The van der Waals surface area contributed by atoms with Gasteiger partial charge in [-0.05, 0) is 101 Å². The number of carbonyl (C=O) groups excluding carboxylic acids is 2. The number of aryl methyl sites for hydroxylation is 1. The summed E-state index contributed by atoms with van der Waals surface area (Å²) in [6, 6.07) is 10.0. The van der Waals surface area contributed by atoms with Crippen molar-refractivity contribution >= 4 is 23.6 Å². The van der Waals surface area contributed by atoms with Gasteiger partial charge in [0.2, 0.25) is 6.73 Å². The number of alkyl halides is 2. The number of hydrogen-bond donors (Lipinski definition) is 2. The zero-order valence-corrected chi connectivity index (χ0v) is 29.7. The molecule has 2 N–H and O–H groups in total. The molecule has 270 valence electrons. The average Bonchev–Trinajstić information content (AvgIpc) is 3.11. The molecule has 1 aliphatic heterocycles. The fraction of sp³-hybridized carbons (Fsp3) is 0.541. The monoisotopic (exact) mass is 694 g/mol. The van der Waals surface area contributed by atoms with Gasteiger partial charge in [-0.3, -0.25) is 14.3 Å². The first-order chi connectivity index (χ1) is 23.8. The van der Waals surface area contributed by atoms with E-state index < -0.39 is 12.0 Å². The quantitative estimate of drug-likeness (QED) is 0.178. The van der Waals surface area contributed by atoms with Gasteiger partial charge in [0, 0.05) is 36.6 Å². The molecule has 2 fully saturated rings. The molecule has 0 unspecified atom stereocenters. The highest BCUT2D eigenvalue weighted by molar-refractivity contribution is 5.74. The molecular weight excluding hydrogens is 644 g/mol. The van der Waals surface area contributed by atoms with Crippen LogP contribution in [0.5, 0.6) is 0 Å². The number of urea groups is 1. The Balaban J connectivity index is 1.13. The van der Waals surface area contributed by atoms with Gasteiger partial charge in [0.1, 0.15) is 17.2 Å². The van der Waals surface area contributed by atoms with E-state index in [0.717, 1.165) is 24.2 Å². The number of nitrogens with zero attached hydrogens (tertiary/aromatic N) is 6. The Labute approximate surface area is 293 Å². The molecule has 2 aliphatic rings. The highest BCUT2D eigenvalue weighted by Crippen LogP contribution is 2.41. The second-order valence-corrected chi connectivity index (χ2v) is 14.0. The Kier molecular flexibility index (Phi) is 11.7. The molecule has 5 rings (SSSR count). The predicted molar refractivity (Wildman–Crippen MR) is 186 cm³/mol. The number of amides is 2. The Morgan fingerprint density at radius 3 is 2.38 bits per heavy atom. The van der Waals surface area contributed by atoms with E-state index in [4.69, 9.17) is 4.74 Å². The van der Waals surface area contributed by atoms with Crippen LogP contribution in [0.1, 0.15) is 69.7 Å². The number of pyridine rings is 3. The van der Waals surface area contributed by atoms with E-state index in [1.54, 1.807) is 25.3 Å². The minimum Gasteiger partial charge on any atom is -0.415 e. The van der Waals surface area contributed by atoms with E-state index in [1.807, 2.05) is 42.7 Å². The Morgan fingerprint density at radius 1 is 1.06 bits per heavy atom. The van der Waals surface area contributed by atoms with E-state index in [0.29, 0.717) is 73.6 Å². The summed E-state index contributed by atoms with van der Waals surface area (Å²) in [5, 5.41) is 14.7. The van der Waals surface area contributed by atoms with Gasteiger partial charge in [-0.25, -0.2) is 23.5 Å². The molecule has 1 aliphatic carbocycles. The van der Waals surface area contributed by atoms with E-state index in [2.05, 4.69) is 27.3 Å². The fourth-order valence-corrected chi connectivity index (χ4v) is 6.91. The number of hydrogen-bond acceptors (Lipinski definition) is 8. The number of piperazine rings is 1. The van der Waals surface area contributed by atoms with Crippen molar-refractivity contribution in [3.05, 3.63) is 65.6 Å². The van der Waals surface area contributed by atoms with E-state index in [9.17, 15) is 23.5 Å². The molecule has 4 heterocycles. The lowest BCUT2D eigenvalue weighted by Crippen LogP contribution is -2.60. The molecule has 2 amide bonds. The number of anilines is 2. The first-order valence-electron chi connectivity index (χ1n) is 17.5. The number of quaternary nitrogens is 1. The lowest BCUT2D eigenvalue weighted by molar-refractivity contribution is -0.929. The van der Waals surface area contributed by atoms with E-state index in [1.165, 1.54) is 18.3 Å². The topological polar surface area (TPSA) is 121 Å². The lowest BCUT2D eigenvalue weighted by atomic mass is 9.73. The molecule has 0 aromatic carbocycles. The maximum atomic E-state index is 13.2. The smallest absolute Gasteiger partial charge is 0.320 e. The molecule has 1 saturated heterocycles. The lowest BCUT2D eigenvalue weighted by Gasteiger charge is -2.42. The van der Waals surface area contributed by atoms with Crippen molar-refractivity contribution in [3.63, 3.8) is 0 Å². The van der Waals surface area contributed by atoms with Gasteiger partial charge in [0.15, 0.2) is 0 Å². The number of aliphatic hydroxyl groups is 1. The first-order valence-corrected chi connectivity index (χ1v) is 17.5. The maximum absolute atomic E-state index is 13.2. The van der Waals surface area contributed by atoms with Crippen LogP contribution >= 0.6 is 0 Å². The molecule has 50 heavy (non-hydrogen) atoms. The summed E-state index contributed by atoms with van der Waals surface area (Å²) in [7, 11) is 2.07. The van der Waals surface area contributed by atoms with Crippen LogP contribution in [0.2, 0.25) is 0 Å². The zero-order valence-electron chi connectivity index (χ0n) is 29.7. The summed E-state index contributed by atoms with van der Waals surface area (Å²) >= 11 is 0. The number of likely N-dealkylation sites (N-methyl/N-ethyl adjacent to an activating group) is 1. The zero-order chi connectivity index (χ0) is 36.1. The molecule has 13 heteroatoms. The third kappa shape index (κ3) is 8.73. The van der Waals surface area contributed by atoms with Gasteiger partial charge in [-0.2, -0.15) is 0 Å². The largest absolute Gasteiger partial charge is 0.415 e. The molecular formula is C37H50F2N7O4+. The van der Waals surface area contributed by atoms with Crippen LogP contribution < -0.4 is 5.32 Å². The van der Waals surface area contributed by atoms with Crippen molar-refractivity contribution in [2.24, 2.45) is 11.8 Å². The van der Waals surface area contributed by atoms with Crippen molar-refractivity contribution in [2.45, 2.75) is 65.4 Å². The SMILES string of the molecule is CCN(CC)C(=O)N1CC[N+](C)(COC(=O)[C@H]2CC[C@H]([C@@](C)(O)c3ccc(-c4cc(C)cc(Nc5cc(C(F)F)ccn5)n4)cn3)CC2)CC1. The van der Waals surface area contributed by atoms with Crippen LogP contribution in [-0.4, -0.2) is 99.4 Å². The highest BCUT2D eigenvalue weighted by atomic mass is 19.3. The summed E-state index contributed by atoms with van der Waals surface area (Å²) in [5.74, 6) is 0.261. The normalized spacial score (nSPS) is 20.2. The van der Waals surface area contributed by atoms with Crippen LogP contribution in [0.15, 0.2) is 48.8 Å². The number of nitrogens with one attached hydrogen (secondary N) is 1. The fourth-order valence-electron chi connectivity index (χ4n) is 6.91. The third-order valence-corrected chi connectivity index (χ3v) is 10.3. The molecule has 3 aromatic heterocycles. The number of carbonyl (C=O) groups is 2. The van der Waals surface area contributed by atoms with Gasteiger partial charge < -0.3 is 25.0 Å². The molecule has 0 spiro atoms. The standard InChI is InChI=1S/C37H50F2N7O4/c1-6-44(7-2)36(48)45-16-18-46(5,19-17-45)24-50-35(47)26-8-11-29(12-9-26)37(4,49)31-13-10-28(23-41-31)30-20-25(3)21-33(42-30)43-32-22-27(34(38)39)14-15-40-32/h10,13-15,20-23,26,29,34,49H,6-9,11-12,16-19,24H2,1-5H3,(H,40,42,43)/q+1/t26-,29-,37-/m1/s1. The van der Waals surface area contributed by atoms with Crippen molar-refractivity contribution in [3.8, 4) is 11.3 Å². The highest BCUT2D eigenvalue weighted by Gasteiger charge is 2.40. The second kappa shape index (κ2) is 15.8. The summed E-state index contributed by atoms with van der Waals surface area (Å²) in [6.45, 7) is 12.1. The first kappa shape index (κ1) is 37.0. The molecule has 0 radical (unpaired) electrons. The summed E-state index contributed by atoms with van der Waals surface area (Å²) in [4.78, 5) is 42.9. The number of aromatic nitrogens is 3. The third-order valence-electron chi connectivity index (χ3n) is 10.3. The molecule has 0 bridgehead atoms. The minimum atomic E-state index is -2.60. The van der Waals surface area contributed by atoms with Gasteiger partial charge in [0.05, 0.1) is 50.5 Å². The average molecular weight is 695 g/mol. The number of halogens is 2. The Morgan fingerprint density at radius 2 is 1.76 bits per heavy atom. The van der Waals surface area contributed by atoms with Crippen LogP contribution in [0.25, 0.3) is 11.3 Å². The van der Waals surface area contributed by atoms with Crippen LogP contribution in [0.3, 0.4) is 0 Å². The number of ether oxygens (including phenoxy) is 1. The van der Waals surface area contributed by atoms with Crippen LogP contribution in [0, 0.1) is 18.8 Å². The minimum absolute atomic E-state index is 0.0694. The van der Waals surface area contributed by atoms with Crippen molar-refractivity contribution in [1.82, 2.24) is 24.8 Å². The van der Waals surface area contributed by atoms with Gasteiger partial charge >= 0.3 is 12.0 Å². The number of esters is 1. The van der Waals surface area contributed by atoms with Crippen molar-refractivity contribution in [2.75, 3.05) is 58.4 Å². The Hall–Kier alpha value is -4.23. The Bertz CT molecular complexity index is 1620. The summed E-state index contributed by atoms with van der Waals surface area (Å²) in [6.07, 6.45) is 3.00. The van der Waals surface area contributed by atoms with Crippen molar-refractivity contribution < 1.29 is 32.7 Å². The van der Waals surface area contributed by atoms with Crippen molar-refractivity contribution in [1.29, 1.82) is 0 Å². The van der Waals surface area contributed by atoms with E-state index in [-0.39, 0.29) is 41.9 Å².